The number of hydrogen-bond acceptors (Lipinski definition) is 5. The summed E-state index contributed by atoms with van der Waals surface area (Å²) in [5, 5.41) is 2.08. The Labute approximate surface area is 187 Å². The van der Waals surface area contributed by atoms with Crippen molar-refractivity contribution in [1.29, 1.82) is 0 Å². The number of nitrogens with one attached hydrogen (secondary N) is 1. The van der Waals surface area contributed by atoms with E-state index in [0.29, 0.717) is 12.5 Å². The number of carbonyl (C=O) groups excluding carboxylic acids is 1. The first-order chi connectivity index (χ1) is 15.1. The predicted octanol–water partition coefficient (Wildman–Crippen LogP) is 3.54. The molecular formula is C24H32N4O2S. The molecule has 7 heteroatoms. The molecule has 3 aliphatic rings. The van der Waals surface area contributed by atoms with E-state index in [2.05, 4.69) is 22.3 Å². The number of piperidine rings is 2. The first-order valence-electron chi connectivity index (χ1n) is 11.8. The van der Waals surface area contributed by atoms with Gasteiger partial charge >= 0.3 is 0 Å². The number of amides is 1. The van der Waals surface area contributed by atoms with Crippen LogP contribution in [-0.4, -0.2) is 58.9 Å². The van der Waals surface area contributed by atoms with Crippen LogP contribution in [0.2, 0.25) is 0 Å². The Morgan fingerprint density at radius 1 is 1.10 bits per heavy atom. The summed E-state index contributed by atoms with van der Waals surface area (Å²) in [7, 11) is 2.14. The van der Waals surface area contributed by atoms with Gasteiger partial charge in [0.2, 0.25) is 0 Å². The molecule has 1 aliphatic carbocycles. The number of carbonyl (C=O) groups is 1. The monoisotopic (exact) mass is 440 g/mol. The van der Waals surface area contributed by atoms with Gasteiger partial charge in [0.1, 0.15) is 5.82 Å². The third kappa shape index (κ3) is 4.35. The van der Waals surface area contributed by atoms with Crippen LogP contribution in [0.25, 0.3) is 0 Å². The normalized spacial score (nSPS) is 23.0. The summed E-state index contributed by atoms with van der Waals surface area (Å²) in [4.78, 5) is 39.5. The second-order valence-corrected chi connectivity index (χ2v) is 10.4. The van der Waals surface area contributed by atoms with Crippen molar-refractivity contribution in [3.05, 3.63) is 49.3 Å². The van der Waals surface area contributed by atoms with Crippen molar-refractivity contribution < 1.29 is 4.79 Å². The molecule has 0 unspecified atom stereocenters. The standard InChI is InChI=1S/C24H32N4O2S/c1-27-11-8-16(9-12-27)23-25-20(13-22(29)26-23)17-5-4-10-28(14-17)24(30)19-15-31-21-7-3-2-6-18(19)21/h13,15-17H,2-12,14H2,1H3,(H,25,26,29)/t17-/m0/s1. The van der Waals surface area contributed by atoms with Crippen LogP contribution < -0.4 is 5.56 Å². The third-order valence-corrected chi connectivity index (χ3v) is 8.39. The van der Waals surface area contributed by atoms with E-state index in [4.69, 9.17) is 4.98 Å². The minimum atomic E-state index is -0.0608. The molecule has 2 aliphatic heterocycles. The van der Waals surface area contributed by atoms with Crippen molar-refractivity contribution in [2.45, 2.75) is 63.2 Å². The molecule has 0 aromatic carbocycles. The van der Waals surface area contributed by atoms with Crippen molar-refractivity contribution in [2.24, 2.45) is 0 Å². The van der Waals surface area contributed by atoms with Gasteiger partial charge in [0.25, 0.3) is 11.5 Å². The Balaban J connectivity index is 1.34. The number of aromatic amines is 1. The summed E-state index contributed by atoms with van der Waals surface area (Å²) in [6, 6.07) is 1.66. The molecule has 0 radical (unpaired) electrons. The summed E-state index contributed by atoms with van der Waals surface area (Å²) in [6.45, 7) is 3.53. The van der Waals surface area contributed by atoms with Crippen LogP contribution in [0.4, 0.5) is 0 Å². The summed E-state index contributed by atoms with van der Waals surface area (Å²) in [5.41, 5.74) is 3.02. The van der Waals surface area contributed by atoms with Gasteiger partial charge < -0.3 is 14.8 Å². The fraction of sp³-hybridized carbons (Fsp3) is 0.625. The largest absolute Gasteiger partial charge is 0.338 e. The van der Waals surface area contributed by atoms with Crippen LogP contribution in [0, 0.1) is 0 Å². The minimum absolute atomic E-state index is 0.0608. The Morgan fingerprint density at radius 2 is 1.90 bits per heavy atom. The fourth-order valence-electron chi connectivity index (χ4n) is 5.43. The van der Waals surface area contributed by atoms with Gasteiger partial charge in [0.05, 0.1) is 11.3 Å². The molecule has 0 spiro atoms. The average Bonchev–Trinajstić information content (AvgIpc) is 3.23. The van der Waals surface area contributed by atoms with Gasteiger partial charge in [-0.3, -0.25) is 9.59 Å². The lowest BCUT2D eigenvalue weighted by atomic mass is 9.91. The summed E-state index contributed by atoms with van der Waals surface area (Å²) >= 11 is 1.75. The number of H-pyrrole nitrogens is 1. The van der Waals surface area contributed by atoms with E-state index in [0.717, 1.165) is 75.2 Å². The van der Waals surface area contributed by atoms with E-state index in [1.54, 1.807) is 17.4 Å². The molecule has 1 atom stereocenters. The highest BCUT2D eigenvalue weighted by molar-refractivity contribution is 7.10. The van der Waals surface area contributed by atoms with Crippen LogP contribution in [0.5, 0.6) is 0 Å². The van der Waals surface area contributed by atoms with E-state index < -0.39 is 0 Å². The number of likely N-dealkylation sites (tertiary alicyclic amines) is 2. The lowest BCUT2D eigenvalue weighted by Gasteiger charge is -2.33. The molecule has 2 aromatic rings. The molecule has 2 aromatic heterocycles. The molecule has 166 valence electrons. The van der Waals surface area contributed by atoms with Crippen LogP contribution in [0.15, 0.2) is 16.2 Å². The smallest absolute Gasteiger partial charge is 0.255 e. The SMILES string of the molecule is CN1CCC(c2nc([C@H]3CCCN(C(=O)c4csc5c4CCCC5)C3)cc(=O)[nH]2)CC1. The quantitative estimate of drug-likeness (QED) is 0.793. The van der Waals surface area contributed by atoms with E-state index in [1.165, 1.54) is 23.3 Å². The maximum Gasteiger partial charge on any atom is 0.255 e. The number of fused-ring (bicyclic) bond motifs is 1. The summed E-state index contributed by atoms with van der Waals surface area (Å²) < 4.78 is 0. The number of thiophene rings is 1. The molecule has 6 nitrogen and oxygen atoms in total. The Hall–Kier alpha value is -1.99. The maximum absolute atomic E-state index is 13.4. The fourth-order valence-corrected chi connectivity index (χ4v) is 6.55. The van der Waals surface area contributed by atoms with Gasteiger partial charge in [-0.15, -0.1) is 11.3 Å². The van der Waals surface area contributed by atoms with Crippen LogP contribution in [0.3, 0.4) is 0 Å². The lowest BCUT2D eigenvalue weighted by molar-refractivity contribution is 0.0705. The first kappa shape index (κ1) is 20.9. The van der Waals surface area contributed by atoms with Crippen LogP contribution in [0.1, 0.15) is 82.7 Å². The molecule has 4 heterocycles. The molecule has 31 heavy (non-hydrogen) atoms. The van der Waals surface area contributed by atoms with Crippen LogP contribution in [-0.2, 0) is 12.8 Å². The van der Waals surface area contributed by atoms with E-state index in [-0.39, 0.29) is 17.4 Å². The molecule has 2 saturated heterocycles. The highest BCUT2D eigenvalue weighted by Crippen LogP contribution is 2.33. The average molecular weight is 441 g/mol. The van der Waals surface area contributed by atoms with Gasteiger partial charge in [-0.1, -0.05) is 0 Å². The number of nitrogens with zero attached hydrogens (tertiary/aromatic N) is 3. The highest BCUT2D eigenvalue weighted by atomic mass is 32.1. The molecule has 2 fully saturated rings. The molecule has 5 rings (SSSR count). The van der Waals surface area contributed by atoms with Crippen molar-refractivity contribution in [1.82, 2.24) is 19.8 Å². The Bertz CT molecular complexity index is 1010. The lowest BCUT2D eigenvalue weighted by Crippen LogP contribution is -2.40. The van der Waals surface area contributed by atoms with Crippen molar-refractivity contribution in [2.75, 3.05) is 33.2 Å². The first-order valence-corrected chi connectivity index (χ1v) is 12.6. The number of hydrogen-bond donors (Lipinski definition) is 1. The van der Waals surface area contributed by atoms with E-state index >= 15 is 0 Å². The maximum atomic E-state index is 13.4. The number of rotatable bonds is 3. The van der Waals surface area contributed by atoms with Crippen molar-refractivity contribution in [3.8, 4) is 0 Å². The van der Waals surface area contributed by atoms with E-state index in [1.807, 2.05) is 4.90 Å². The van der Waals surface area contributed by atoms with Gasteiger partial charge in [0.15, 0.2) is 0 Å². The zero-order chi connectivity index (χ0) is 21.4. The Kier molecular flexibility index (Phi) is 5.97. The second kappa shape index (κ2) is 8.87. The number of aryl methyl sites for hydroxylation is 1. The molecular weight excluding hydrogens is 408 g/mol. The van der Waals surface area contributed by atoms with Gasteiger partial charge in [0, 0.05) is 41.2 Å². The predicted molar refractivity (Wildman–Crippen MR) is 123 cm³/mol. The summed E-state index contributed by atoms with van der Waals surface area (Å²) in [6.07, 6.45) is 8.57. The topological polar surface area (TPSA) is 69.3 Å². The van der Waals surface area contributed by atoms with E-state index in [9.17, 15) is 9.59 Å². The third-order valence-electron chi connectivity index (χ3n) is 7.30. The second-order valence-electron chi connectivity index (χ2n) is 9.48. The molecule has 1 amide bonds. The minimum Gasteiger partial charge on any atom is -0.338 e. The van der Waals surface area contributed by atoms with Crippen molar-refractivity contribution in [3.63, 3.8) is 0 Å². The molecule has 0 bridgehead atoms. The zero-order valence-corrected chi connectivity index (χ0v) is 19.2. The van der Waals surface area contributed by atoms with Crippen molar-refractivity contribution >= 4 is 17.2 Å². The van der Waals surface area contributed by atoms with Gasteiger partial charge in [-0.2, -0.15) is 0 Å². The molecule has 1 N–H and O–H groups in total. The van der Waals surface area contributed by atoms with Gasteiger partial charge in [-0.25, -0.2) is 4.98 Å². The van der Waals surface area contributed by atoms with Gasteiger partial charge in [-0.05, 0) is 77.1 Å². The summed E-state index contributed by atoms with van der Waals surface area (Å²) in [5.74, 6) is 1.47. The molecule has 0 saturated carbocycles. The van der Waals surface area contributed by atoms with Crippen LogP contribution >= 0.6 is 11.3 Å². The Morgan fingerprint density at radius 3 is 2.74 bits per heavy atom. The zero-order valence-electron chi connectivity index (χ0n) is 18.4. The number of aromatic nitrogens is 2. The highest BCUT2D eigenvalue weighted by Gasteiger charge is 2.30.